The van der Waals surface area contributed by atoms with Crippen molar-refractivity contribution in [3.63, 3.8) is 0 Å². The van der Waals surface area contributed by atoms with Gasteiger partial charge in [-0.25, -0.2) is 4.68 Å². The van der Waals surface area contributed by atoms with Crippen LogP contribution in [0.25, 0.3) is 11.4 Å². The standard InChI is InChI=1S/C23H23N5O4/c1-30-17-12-19(32-3)18(31-2)11-14(17)21-20-15(5-4-6-16(20)29)25-23-26-22(27-28(21)23)13-7-9-24-10-8-13/h7-12,21H,4-6H2,1-3H3,(H,25,26,27). The van der Waals surface area contributed by atoms with Gasteiger partial charge in [0, 0.05) is 47.3 Å². The number of nitrogens with one attached hydrogen (secondary N) is 1. The molecule has 0 saturated heterocycles. The fourth-order valence-electron chi connectivity index (χ4n) is 4.33. The molecule has 164 valence electrons. The largest absolute Gasteiger partial charge is 0.496 e. The van der Waals surface area contributed by atoms with E-state index in [1.165, 1.54) is 0 Å². The van der Waals surface area contributed by atoms with E-state index < -0.39 is 6.04 Å². The van der Waals surface area contributed by atoms with Gasteiger partial charge in [-0.3, -0.25) is 9.78 Å². The second-order valence-corrected chi connectivity index (χ2v) is 7.59. The van der Waals surface area contributed by atoms with Crippen LogP contribution in [0, 0.1) is 0 Å². The Kier molecular flexibility index (Phi) is 5.01. The number of carbonyl (C=O) groups excluding carboxylic acids is 1. The molecular weight excluding hydrogens is 410 g/mol. The van der Waals surface area contributed by atoms with Gasteiger partial charge in [0.1, 0.15) is 11.8 Å². The highest BCUT2D eigenvalue weighted by Crippen LogP contribution is 2.46. The number of Topliss-reactive ketones (excluding diaryl/α,β-unsaturated/α-hetero) is 1. The Morgan fingerprint density at radius 3 is 2.44 bits per heavy atom. The van der Waals surface area contributed by atoms with Crippen LogP contribution >= 0.6 is 0 Å². The maximum absolute atomic E-state index is 13.1. The van der Waals surface area contributed by atoms with Crippen molar-refractivity contribution in [1.82, 2.24) is 19.7 Å². The average molecular weight is 433 g/mol. The van der Waals surface area contributed by atoms with Gasteiger partial charge in [-0.05, 0) is 31.0 Å². The van der Waals surface area contributed by atoms with E-state index in [0.717, 1.165) is 29.7 Å². The van der Waals surface area contributed by atoms with Crippen LogP contribution in [0.5, 0.6) is 17.2 Å². The third-order valence-corrected chi connectivity index (χ3v) is 5.84. The monoisotopic (exact) mass is 433 g/mol. The molecule has 0 radical (unpaired) electrons. The van der Waals surface area contributed by atoms with Gasteiger partial charge in [-0.2, -0.15) is 4.98 Å². The Morgan fingerprint density at radius 1 is 1.00 bits per heavy atom. The highest BCUT2D eigenvalue weighted by atomic mass is 16.5. The molecule has 1 atom stereocenters. The summed E-state index contributed by atoms with van der Waals surface area (Å²) in [6.07, 6.45) is 5.46. The molecule has 0 fully saturated rings. The second-order valence-electron chi connectivity index (χ2n) is 7.59. The van der Waals surface area contributed by atoms with Crippen molar-refractivity contribution in [3.05, 3.63) is 53.5 Å². The average Bonchev–Trinajstić information content (AvgIpc) is 3.26. The molecule has 5 rings (SSSR count). The maximum Gasteiger partial charge on any atom is 0.226 e. The lowest BCUT2D eigenvalue weighted by Gasteiger charge is -2.33. The SMILES string of the molecule is COc1cc(OC)c(C2C3=C(CCCC3=O)Nc3nc(-c4ccncc4)nn32)cc1OC. The topological polar surface area (TPSA) is 100 Å². The Hall–Kier alpha value is -3.88. The van der Waals surface area contributed by atoms with E-state index in [0.29, 0.717) is 41.0 Å². The fraction of sp³-hybridized carbons (Fsp3) is 0.304. The van der Waals surface area contributed by atoms with Crippen LogP contribution in [-0.4, -0.2) is 46.9 Å². The number of hydrogen-bond acceptors (Lipinski definition) is 8. The van der Waals surface area contributed by atoms with Crippen LogP contribution in [0.1, 0.15) is 30.9 Å². The van der Waals surface area contributed by atoms with Gasteiger partial charge in [0.15, 0.2) is 23.1 Å². The summed E-state index contributed by atoms with van der Waals surface area (Å²) in [7, 11) is 4.74. The molecule has 0 bridgehead atoms. The number of anilines is 1. The zero-order chi connectivity index (χ0) is 22.2. The molecule has 2 aromatic heterocycles. The molecule has 1 unspecified atom stereocenters. The quantitative estimate of drug-likeness (QED) is 0.654. The molecule has 1 N–H and O–H groups in total. The van der Waals surface area contributed by atoms with E-state index >= 15 is 0 Å². The van der Waals surface area contributed by atoms with Gasteiger partial charge in [0.25, 0.3) is 0 Å². The van der Waals surface area contributed by atoms with E-state index in [2.05, 4.69) is 10.3 Å². The minimum absolute atomic E-state index is 0.0900. The lowest BCUT2D eigenvalue weighted by molar-refractivity contribution is -0.116. The predicted molar refractivity (Wildman–Crippen MR) is 117 cm³/mol. The van der Waals surface area contributed by atoms with E-state index in [1.807, 2.05) is 18.2 Å². The number of ether oxygens (including phenoxy) is 3. The summed E-state index contributed by atoms with van der Waals surface area (Å²) < 4.78 is 18.4. The van der Waals surface area contributed by atoms with E-state index in [4.69, 9.17) is 24.3 Å². The van der Waals surface area contributed by atoms with Crippen LogP contribution in [0.2, 0.25) is 0 Å². The number of methoxy groups -OCH3 is 3. The van der Waals surface area contributed by atoms with Crippen LogP contribution in [0.15, 0.2) is 47.9 Å². The molecule has 3 aromatic rings. The molecule has 3 heterocycles. The Labute approximate surface area is 185 Å². The van der Waals surface area contributed by atoms with Crippen molar-refractivity contribution in [2.75, 3.05) is 26.6 Å². The summed E-state index contributed by atoms with van der Waals surface area (Å²) in [4.78, 5) is 21.9. The summed E-state index contributed by atoms with van der Waals surface area (Å²) in [6, 6.07) is 6.81. The molecule has 32 heavy (non-hydrogen) atoms. The molecular formula is C23H23N5O4. The van der Waals surface area contributed by atoms with Gasteiger partial charge >= 0.3 is 0 Å². The third-order valence-electron chi connectivity index (χ3n) is 5.84. The van der Waals surface area contributed by atoms with Crippen LogP contribution in [0.4, 0.5) is 5.95 Å². The first-order valence-electron chi connectivity index (χ1n) is 10.3. The van der Waals surface area contributed by atoms with E-state index in [-0.39, 0.29) is 5.78 Å². The third kappa shape index (κ3) is 3.17. The van der Waals surface area contributed by atoms with Crippen molar-refractivity contribution in [2.45, 2.75) is 25.3 Å². The molecule has 9 heteroatoms. The van der Waals surface area contributed by atoms with Gasteiger partial charge in [0.2, 0.25) is 5.95 Å². The number of benzene rings is 1. The second kappa shape index (κ2) is 7.99. The summed E-state index contributed by atoms with van der Waals surface area (Å²) >= 11 is 0. The fourth-order valence-corrected chi connectivity index (χ4v) is 4.33. The molecule has 1 aliphatic carbocycles. The van der Waals surface area contributed by atoms with Crippen molar-refractivity contribution in [1.29, 1.82) is 0 Å². The minimum Gasteiger partial charge on any atom is -0.496 e. The van der Waals surface area contributed by atoms with Crippen molar-refractivity contribution < 1.29 is 19.0 Å². The Morgan fingerprint density at radius 2 is 1.72 bits per heavy atom. The number of carbonyl (C=O) groups is 1. The molecule has 0 saturated carbocycles. The smallest absolute Gasteiger partial charge is 0.226 e. The highest BCUT2D eigenvalue weighted by molar-refractivity contribution is 5.99. The number of nitrogens with zero attached hydrogens (tertiary/aromatic N) is 4. The van der Waals surface area contributed by atoms with Crippen molar-refractivity contribution in [2.24, 2.45) is 0 Å². The zero-order valence-corrected chi connectivity index (χ0v) is 18.1. The van der Waals surface area contributed by atoms with Crippen LogP contribution in [-0.2, 0) is 4.79 Å². The number of aromatic nitrogens is 4. The van der Waals surface area contributed by atoms with Gasteiger partial charge < -0.3 is 19.5 Å². The summed E-state index contributed by atoms with van der Waals surface area (Å²) in [6.45, 7) is 0. The van der Waals surface area contributed by atoms with E-state index in [9.17, 15) is 4.79 Å². The number of ketones is 1. The molecule has 1 aromatic carbocycles. The van der Waals surface area contributed by atoms with Gasteiger partial charge in [-0.1, -0.05) is 0 Å². The molecule has 2 aliphatic rings. The van der Waals surface area contributed by atoms with Gasteiger partial charge in [0.05, 0.1) is 21.3 Å². The maximum atomic E-state index is 13.1. The first kappa shape index (κ1) is 20.0. The summed E-state index contributed by atoms with van der Waals surface area (Å²) in [5.41, 5.74) is 3.15. The van der Waals surface area contributed by atoms with Crippen LogP contribution in [0.3, 0.4) is 0 Å². The zero-order valence-electron chi connectivity index (χ0n) is 18.1. The number of hydrogen-bond donors (Lipinski definition) is 1. The molecule has 0 amide bonds. The van der Waals surface area contributed by atoms with E-state index in [1.54, 1.807) is 44.5 Å². The van der Waals surface area contributed by atoms with Crippen molar-refractivity contribution in [3.8, 4) is 28.6 Å². The summed E-state index contributed by atoms with van der Waals surface area (Å²) in [5.74, 6) is 2.88. The highest BCUT2D eigenvalue weighted by Gasteiger charge is 2.38. The van der Waals surface area contributed by atoms with Crippen molar-refractivity contribution >= 4 is 11.7 Å². The first-order chi connectivity index (χ1) is 15.6. The predicted octanol–water partition coefficient (Wildman–Crippen LogP) is 3.39. The normalized spacial score (nSPS) is 17.3. The minimum atomic E-state index is -0.508. The molecule has 9 nitrogen and oxygen atoms in total. The first-order valence-corrected chi connectivity index (χ1v) is 10.3. The summed E-state index contributed by atoms with van der Waals surface area (Å²) in [5, 5.41) is 8.12. The lowest BCUT2D eigenvalue weighted by Crippen LogP contribution is -2.31. The molecule has 1 aliphatic heterocycles. The number of allylic oxidation sites excluding steroid dienone is 2. The number of pyridine rings is 1. The Bertz CT molecular complexity index is 1220. The number of rotatable bonds is 5. The van der Waals surface area contributed by atoms with Gasteiger partial charge in [-0.15, -0.1) is 5.10 Å². The number of fused-ring (bicyclic) bond motifs is 1. The lowest BCUT2D eigenvalue weighted by atomic mass is 9.85. The molecule has 0 spiro atoms. The Balaban J connectivity index is 1.74. The van der Waals surface area contributed by atoms with Crippen LogP contribution < -0.4 is 19.5 Å².